The summed E-state index contributed by atoms with van der Waals surface area (Å²) in [4.78, 5) is 28.7. The van der Waals surface area contributed by atoms with E-state index in [0.29, 0.717) is 28.0 Å². The quantitative estimate of drug-likeness (QED) is 0.862. The van der Waals surface area contributed by atoms with Crippen LogP contribution in [0.2, 0.25) is 5.02 Å². The van der Waals surface area contributed by atoms with Crippen LogP contribution in [0.4, 0.5) is 0 Å². The van der Waals surface area contributed by atoms with Gasteiger partial charge in [-0.25, -0.2) is 4.98 Å². The summed E-state index contributed by atoms with van der Waals surface area (Å²) in [6, 6.07) is 7.20. The van der Waals surface area contributed by atoms with Gasteiger partial charge in [-0.3, -0.25) is 14.2 Å². The zero-order valence-corrected chi connectivity index (χ0v) is 14.2. The molecule has 1 amide bonds. The first-order chi connectivity index (χ1) is 11.0. The Bertz CT molecular complexity index is 789. The smallest absolute Gasteiger partial charge is 0.257 e. The van der Waals surface area contributed by atoms with Gasteiger partial charge in [-0.05, 0) is 24.6 Å². The average molecular weight is 350 g/mol. The molecule has 7 heteroatoms. The number of amides is 1. The van der Waals surface area contributed by atoms with Crippen molar-refractivity contribution in [2.45, 2.75) is 31.1 Å². The summed E-state index contributed by atoms with van der Waals surface area (Å²) >= 11 is 7.35. The van der Waals surface area contributed by atoms with Gasteiger partial charge in [0.15, 0.2) is 5.16 Å². The van der Waals surface area contributed by atoms with E-state index in [1.54, 1.807) is 29.8 Å². The monoisotopic (exact) mass is 349 g/mol. The van der Waals surface area contributed by atoms with Crippen LogP contribution in [0.1, 0.15) is 23.6 Å². The lowest BCUT2D eigenvalue weighted by atomic mass is 10.2. The number of nitrogens with zero attached hydrogens (tertiary/aromatic N) is 2. The molecule has 0 saturated carbocycles. The molecule has 1 aliphatic heterocycles. The number of carbonyl (C=O) groups excluding carboxylic acids is 1. The Labute approximate surface area is 143 Å². The van der Waals surface area contributed by atoms with Crippen LogP contribution in [-0.4, -0.2) is 21.2 Å². The van der Waals surface area contributed by atoms with Gasteiger partial charge in [-0.1, -0.05) is 35.5 Å². The minimum atomic E-state index is -0.139. The van der Waals surface area contributed by atoms with Gasteiger partial charge in [0.2, 0.25) is 5.91 Å². The van der Waals surface area contributed by atoms with Gasteiger partial charge in [0, 0.05) is 35.5 Å². The number of thioether (sulfide) groups is 1. The Hall–Kier alpha value is -1.79. The van der Waals surface area contributed by atoms with E-state index in [-0.39, 0.29) is 23.9 Å². The molecular formula is C16H16ClN3O2S. The summed E-state index contributed by atoms with van der Waals surface area (Å²) in [6.45, 7) is 2.19. The van der Waals surface area contributed by atoms with Crippen LogP contribution < -0.4 is 10.9 Å². The van der Waals surface area contributed by atoms with Gasteiger partial charge in [-0.2, -0.15) is 0 Å². The average Bonchev–Trinajstić information content (AvgIpc) is 2.94. The van der Waals surface area contributed by atoms with Crippen molar-refractivity contribution in [2.24, 2.45) is 0 Å². The van der Waals surface area contributed by atoms with Crippen LogP contribution in [0.3, 0.4) is 0 Å². The number of hydrogen-bond donors (Lipinski definition) is 1. The molecule has 1 aromatic heterocycles. The first-order valence-electron chi connectivity index (χ1n) is 7.26. The number of nitrogens with one attached hydrogen (secondary N) is 1. The van der Waals surface area contributed by atoms with E-state index >= 15 is 0 Å². The number of benzene rings is 1. The number of fused-ring (bicyclic) bond motifs is 1. The van der Waals surface area contributed by atoms with Gasteiger partial charge in [0.25, 0.3) is 5.56 Å². The highest BCUT2D eigenvalue weighted by atomic mass is 35.5. The third-order valence-electron chi connectivity index (χ3n) is 3.72. The van der Waals surface area contributed by atoms with Crippen molar-refractivity contribution in [1.29, 1.82) is 0 Å². The largest absolute Gasteiger partial charge is 0.352 e. The topological polar surface area (TPSA) is 64.0 Å². The maximum Gasteiger partial charge on any atom is 0.257 e. The number of halogens is 1. The molecule has 2 heterocycles. The molecule has 0 spiro atoms. The summed E-state index contributed by atoms with van der Waals surface area (Å²) < 4.78 is 1.64. The molecule has 0 fully saturated rings. The Morgan fingerprint density at radius 2 is 2.17 bits per heavy atom. The maximum absolute atomic E-state index is 12.2. The molecule has 1 atom stereocenters. The van der Waals surface area contributed by atoms with Crippen molar-refractivity contribution in [2.75, 3.05) is 5.75 Å². The predicted octanol–water partition coefficient (Wildman–Crippen LogP) is 2.56. The molecule has 3 rings (SSSR count). The van der Waals surface area contributed by atoms with E-state index < -0.39 is 0 Å². The molecule has 0 aliphatic carbocycles. The molecule has 0 bridgehead atoms. The van der Waals surface area contributed by atoms with Gasteiger partial charge in [0.05, 0.1) is 6.04 Å². The molecule has 23 heavy (non-hydrogen) atoms. The molecule has 5 nitrogen and oxygen atoms in total. The van der Waals surface area contributed by atoms with Gasteiger partial charge in [-0.15, -0.1) is 0 Å². The first kappa shape index (κ1) is 16.1. The van der Waals surface area contributed by atoms with Crippen molar-refractivity contribution >= 4 is 29.3 Å². The van der Waals surface area contributed by atoms with Crippen LogP contribution in [0.15, 0.2) is 40.4 Å². The van der Waals surface area contributed by atoms with E-state index in [1.165, 1.54) is 11.8 Å². The van der Waals surface area contributed by atoms with E-state index in [0.717, 1.165) is 5.56 Å². The number of carbonyl (C=O) groups is 1. The molecule has 1 N–H and O–H groups in total. The van der Waals surface area contributed by atoms with E-state index in [1.807, 2.05) is 12.1 Å². The van der Waals surface area contributed by atoms with E-state index in [2.05, 4.69) is 10.3 Å². The maximum atomic E-state index is 12.2. The number of hydrogen-bond acceptors (Lipinski definition) is 4. The van der Waals surface area contributed by atoms with Gasteiger partial charge >= 0.3 is 0 Å². The summed E-state index contributed by atoms with van der Waals surface area (Å²) in [7, 11) is 0. The van der Waals surface area contributed by atoms with E-state index in [4.69, 9.17) is 11.6 Å². The lowest BCUT2D eigenvalue weighted by molar-refractivity contribution is -0.121. The standard InChI is InChI=1S/C16H16ClN3O2S/c1-10-7-19-16-20(15(10)22)13(9-23-16)6-14(21)18-8-11-2-4-12(17)5-3-11/h2-5,7,13H,6,8-9H2,1H3,(H,18,21). The van der Waals surface area contributed by atoms with Crippen molar-refractivity contribution < 1.29 is 4.79 Å². The summed E-state index contributed by atoms with van der Waals surface area (Å²) in [5.74, 6) is 0.617. The van der Waals surface area contributed by atoms with Crippen molar-refractivity contribution in [3.63, 3.8) is 0 Å². The van der Waals surface area contributed by atoms with E-state index in [9.17, 15) is 9.59 Å². The minimum absolute atomic E-state index is 0.0597. The fourth-order valence-electron chi connectivity index (χ4n) is 2.46. The Kier molecular flexibility index (Phi) is 4.73. The molecule has 0 saturated heterocycles. The molecular weight excluding hydrogens is 334 g/mol. The van der Waals surface area contributed by atoms with Crippen molar-refractivity contribution in [1.82, 2.24) is 14.9 Å². The van der Waals surface area contributed by atoms with Gasteiger partial charge < -0.3 is 5.32 Å². The highest BCUT2D eigenvalue weighted by Gasteiger charge is 2.27. The predicted molar refractivity (Wildman–Crippen MR) is 90.9 cm³/mol. The number of rotatable bonds is 4. The Balaban J connectivity index is 1.63. The van der Waals surface area contributed by atoms with Crippen LogP contribution in [0.5, 0.6) is 0 Å². The number of aromatic nitrogens is 2. The van der Waals surface area contributed by atoms with Gasteiger partial charge in [0.1, 0.15) is 0 Å². The van der Waals surface area contributed by atoms with Crippen molar-refractivity contribution in [3.8, 4) is 0 Å². The molecule has 1 unspecified atom stereocenters. The second kappa shape index (κ2) is 6.76. The Morgan fingerprint density at radius 3 is 2.91 bits per heavy atom. The molecule has 1 aromatic carbocycles. The summed E-state index contributed by atoms with van der Waals surface area (Å²) in [6.07, 6.45) is 1.86. The minimum Gasteiger partial charge on any atom is -0.352 e. The normalized spacial score (nSPS) is 16.2. The Morgan fingerprint density at radius 1 is 1.43 bits per heavy atom. The lowest BCUT2D eigenvalue weighted by Gasteiger charge is -2.13. The van der Waals surface area contributed by atoms with Crippen LogP contribution in [-0.2, 0) is 11.3 Å². The fourth-order valence-corrected chi connectivity index (χ4v) is 3.69. The third kappa shape index (κ3) is 3.59. The highest BCUT2D eigenvalue weighted by molar-refractivity contribution is 7.99. The van der Waals surface area contributed by atoms with Crippen LogP contribution in [0, 0.1) is 6.92 Å². The molecule has 120 valence electrons. The first-order valence-corrected chi connectivity index (χ1v) is 8.63. The van der Waals surface area contributed by atoms with Crippen LogP contribution >= 0.6 is 23.4 Å². The molecule has 1 aliphatic rings. The fraction of sp³-hybridized carbons (Fsp3) is 0.312. The lowest BCUT2D eigenvalue weighted by Crippen LogP contribution is -2.31. The molecule has 2 aromatic rings. The number of aryl methyl sites for hydroxylation is 1. The third-order valence-corrected chi connectivity index (χ3v) is 5.09. The summed E-state index contributed by atoms with van der Waals surface area (Å²) in [5.41, 5.74) is 1.52. The summed E-state index contributed by atoms with van der Waals surface area (Å²) in [5, 5.41) is 4.24. The second-order valence-corrected chi connectivity index (χ2v) is 6.89. The highest BCUT2D eigenvalue weighted by Crippen LogP contribution is 2.31. The second-order valence-electron chi connectivity index (χ2n) is 5.47. The zero-order valence-electron chi connectivity index (χ0n) is 12.6. The molecule has 0 radical (unpaired) electrons. The SMILES string of the molecule is Cc1cnc2n(c1=O)C(CC(=O)NCc1ccc(Cl)cc1)CS2. The van der Waals surface area contributed by atoms with Crippen LogP contribution in [0.25, 0.3) is 0 Å². The zero-order chi connectivity index (χ0) is 16.4. The van der Waals surface area contributed by atoms with Crippen molar-refractivity contribution in [3.05, 3.63) is 57.0 Å².